The summed E-state index contributed by atoms with van der Waals surface area (Å²) in [6.45, 7) is 12.1. The quantitative estimate of drug-likeness (QED) is 0.702. The van der Waals surface area contributed by atoms with Crippen LogP contribution in [0.1, 0.15) is 40.7 Å². The molecule has 1 N–H and O–H groups in total. The van der Waals surface area contributed by atoms with Gasteiger partial charge in [-0.25, -0.2) is 0 Å². The number of morpholine rings is 1. The molecule has 6 nitrogen and oxygen atoms in total. The van der Waals surface area contributed by atoms with Crippen molar-refractivity contribution >= 4 is 10.9 Å². The molecule has 0 bridgehead atoms. The third kappa shape index (κ3) is 4.28. The lowest BCUT2D eigenvalue weighted by atomic mass is 10.0. The molecule has 0 spiro atoms. The predicted octanol–water partition coefficient (Wildman–Crippen LogP) is 4.21. The number of ether oxygens (including phenoxy) is 2. The molecule has 3 aromatic rings. The second kappa shape index (κ2) is 7.76. The molecule has 0 unspecified atom stereocenters. The van der Waals surface area contributed by atoms with Crippen LogP contribution in [-0.4, -0.2) is 45.7 Å². The standard InChI is InChI=1S/C23H30N4O2/c1-15(2)27-13-18(11-26-27)17-9-20-19(7-6-8-25-20)21(10-17)28-16(3)22-12-24-14-23(4,5)29-22/h6-11,13,15-16,22,24H,12,14H2,1-5H3/t16-,22+/m1/s1. The van der Waals surface area contributed by atoms with E-state index in [1.54, 1.807) is 0 Å². The first-order valence-electron chi connectivity index (χ1n) is 10.3. The summed E-state index contributed by atoms with van der Waals surface area (Å²) in [6, 6.07) is 8.49. The van der Waals surface area contributed by atoms with Crippen molar-refractivity contribution < 1.29 is 9.47 Å². The molecular weight excluding hydrogens is 364 g/mol. The Morgan fingerprint density at radius 3 is 2.79 bits per heavy atom. The zero-order chi connectivity index (χ0) is 20.6. The van der Waals surface area contributed by atoms with Crippen molar-refractivity contribution in [3.63, 3.8) is 0 Å². The number of pyridine rings is 1. The van der Waals surface area contributed by atoms with E-state index in [1.165, 1.54) is 0 Å². The van der Waals surface area contributed by atoms with Crippen LogP contribution in [0.2, 0.25) is 0 Å². The molecule has 1 saturated heterocycles. The van der Waals surface area contributed by atoms with Crippen molar-refractivity contribution in [2.75, 3.05) is 13.1 Å². The highest BCUT2D eigenvalue weighted by Gasteiger charge is 2.32. The molecule has 154 valence electrons. The average Bonchev–Trinajstić information content (AvgIpc) is 3.18. The van der Waals surface area contributed by atoms with E-state index >= 15 is 0 Å². The van der Waals surface area contributed by atoms with Gasteiger partial charge in [-0.05, 0) is 64.4 Å². The molecular formula is C23H30N4O2. The Balaban J connectivity index is 1.67. The smallest absolute Gasteiger partial charge is 0.129 e. The first kappa shape index (κ1) is 19.9. The van der Waals surface area contributed by atoms with Gasteiger partial charge in [-0.1, -0.05) is 0 Å². The summed E-state index contributed by atoms with van der Waals surface area (Å²) in [5, 5.41) is 8.93. The molecule has 0 aliphatic carbocycles. The lowest BCUT2D eigenvalue weighted by molar-refractivity contribution is -0.127. The van der Waals surface area contributed by atoms with Crippen LogP contribution in [0.4, 0.5) is 0 Å². The van der Waals surface area contributed by atoms with Gasteiger partial charge in [0.05, 0.1) is 17.3 Å². The summed E-state index contributed by atoms with van der Waals surface area (Å²) < 4.78 is 14.7. The summed E-state index contributed by atoms with van der Waals surface area (Å²) in [5.41, 5.74) is 2.82. The first-order valence-corrected chi connectivity index (χ1v) is 10.3. The van der Waals surface area contributed by atoms with Gasteiger partial charge in [0.1, 0.15) is 18.0 Å². The third-order valence-corrected chi connectivity index (χ3v) is 5.35. The SMILES string of the molecule is CC(C)n1cc(-c2cc(O[C@H](C)[C@@H]3CNCC(C)(C)O3)c3cccnc3c2)cn1. The molecule has 0 saturated carbocycles. The fourth-order valence-electron chi connectivity index (χ4n) is 3.73. The van der Waals surface area contributed by atoms with Crippen LogP contribution < -0.4 is 10.1 Å². The summed E-state index contributed by atoms with van der Waals surface area (Å²) in [7, 11) is 0. The zero-order valence-electron chi connectivity index (χ0n) is 17.8. The van der Waals surface area contributed by atoms with Gasteiger partial charge in [0, 0.05) is 42.5 Å². The van der Waals surface area contributed by atoms with Crippen LogP contribution in [0.5, 0.6) is 5.75 Å². The average molecular weight is 395 g/mol. The number of aromatic nitrogens is 3. The number of fused-ring (bicyclic) bond motifs is 1. The van der Waals surface area contributed by atoms with Gasteiger partial charge in [0.2, 0.25) is 0 Å². The Morgan fingerprint density at radius 2 is 2.07 bits per heavy atom. The number of hydrogen-bond donors (Lipinski definition) is 1. The van der Waals surface area contributed by atoms with E-state index in [-0.39, 0.29) is 17.8 Å². The number of nitrogens with zero attached hydrogens (tertiary/aromatic N) is 3. The number of nitrogens with one attached hydrogen (secondary N) is 1. The topological polar surface area (TPSA) is 61.2 Å². The van der Waals surface area contributed by atoms with Gasteiger partial charge in [-0.2, -0.15) is 5.10 Å². The predicted molar refractivity (Wildman–Crippen MR) is 115 cm³/mol. The van der Waals surface area contributed by atoms with E-state index in [4.69, 9.17) is 9.47 Å². The molecule has 2 aromatic heterocycles. The van der Waals surface area contributed by atoms with E-state index in [1.807, 2.05) is 23.1 Å². The number of hydrogen-bond acceptors (Lipinski definition) is 5. The van der Waals surface area contributed by atoms with Crippen LogP contribution in [0.25, 0.3) is 22.0 Å². The van der Waals surface area contributed by atoms with Crippen LogP contribution >= 0.6 is 0 Å². The molecule has 3 heterocycles. The van der Waals surface area contributed by atoms with Crippen molar-refractivity contribution in [3.8, 4) is 16.9 Å². The minimum Gasteiger partial charge on any atom is -0.487 e. The maximum atomic E-state index is 6.44. The fourth-order valence-corrected chi connectivity index (χ4v) is 3.73. The fraction of sp³-hybridized carbons (Fsp3) is 0.478. The monoisotopic (exact) mass is 394 g/mol. The van der Waals surface area contributed by atoms with Crippen molar-refractivity contribution in [1.29, 1.82) is 0 Å². The molecule has 2 atom stereocenters. The lowest BCUT2D eigenvalue weighted by Crippen LogP contribution is -2.54. The van der Waals surface area contributed by atoms with Crippen molar-refractivity contribution in [1.82, 2.24) is 20.1 Å². The molecule has 0 amide bonds. The Kier molecular flexibility index (Phi) is 5.32. The minimum absolute atomic E-state index is 0.0159. The van der Waals surface area contributed by atoms with Crippen molar-refractivity contribution in [2.45, 2.75) is 58.5 Å². The molecule has 4 rings (SSSR count). The van der Waals surface area contributed by atoms with Crippen molar-refractivity contribution in [2.24, 2.45) is 0 Å². The van der Waals surface area contributed by atoms with Crippen LogP contribution in [0, 0.1) is 0 Å². The van der Waals surface area contributed by atoms with E-state index in [2.05, 4.69) is 74.4 Å². The maximum Gasteiger partial charge on any atom is 0.129 e. The highest BCUT2D eigenvalue weighted by atomic mass is 16.6. The van der Waals surface area contributed by atoms with Gasteiger partial charge in [0.15, 0.2) is 0 Å². The van der Waals surface area contributed by atoms with Gasteiger partial charge < -0.3 is 14.8 Å². The Morgan fingerprint density at radius 1 is 1.24 bits per heavy atom. The maximum absolute atomic E-state index is 6.44. The molecule has 0 radical (unpaired) electrons. The Hall–Kier alpha value is -2.44. The molecule has 6 heteroatoms. The summed E-state index contributed by atoms with van der Waals surface area (Å²) in [4.78, 5) is 4.56. The second-order valence-electron chi connectivity index (χ2n) is 8.72. The van der Waals surface area contributed by atoms with E-state index in [0.29, 0.717) is 6.04 Å². The lowest BCUT2D eigenvalue weighted by Gasteiger charge is -2.39. The van der Waals surface area contributed by atoms with Gasteiger partial charge in [0.25, 0.3) is 0 Å². The van der Waals surface area contributed by atoms with Crippen LogP contribution in [-0.2, 0) is 4.74 Å². The summed E-state index contributed by atoms with van der Waals surface area (Å²) >= 11 is 0. The Bertz CT molecular complexity index is 995. The van der Waals surface area contributed by atoms with Gasteiger partial charge >= 0.3 is 0 Å². The van der Waals surface area contributed by atoms with Crippen molar-refractivity contribution in [3.05, 3.63) is 42.9 Å². The largest absolute Gasteiger partial charge is 0.487 e. The number of benzene rings is 1. The van der Waals surface area contributed by atoms with E-state index in [9.17, 15) is 0 Å². The molecule has 29 heavy (non-hydrogen) atoms. The summed E-state index contributed by atoms with van der Waals surface area (Å²) in [5.74, 6) is 0.822. The van der Waals surface area contributed by atoms with Crippen LogP contribution in [0.3, 0.4) is 0 Å². The summed E-state index contributed by atoms with van der Waals surface area (Å²) in [6.07, 6.45) is 5.66. The molecule has 1 fully saturated rings. The number of rotatable bonds is 5. The van der Waals surface area contributed by atoms with E-state index < -0.39 is 0 Å². The molecule has 1 aromatic carbocycles. The third-order valence-electron chi connectivity index (χ3n) is 5.35. The van der Waals surface area contributed by atoms with Gasteiger partial charge in [-0.3, -0.25) is 9.67 Å². The van der Waals surface area contributed by atoms with E-state index in [0.717, 1.165) is 40.9 Å². The Labute approximate surface area is 172 Å². The zero-order valence-corrected chi connectivity index (χ0v) is 17.8. The normalized spacial score (nSPS) is 20.1. The van der Waals surface area contributed by atoms with Crippen LogP contribution in [0.15, 0.2) is 42.9 Å². The highest BCUT2D eigenvalue weighted by molar-refractivity contribution is 5.89. The molecule has 1 aliphatic heterocycles. The minimum atomic E-state index is -0.197. The molecule has 1 aliphatic rings. The second-order valence-corrected chi connectivity index (χ2v) is 8.72. The first-order chi connectivity index (χ1) is 13.8. The van der Waals surface area contributed by atoms with Gasteiger partial charge in [-0.15, -0.1) is 0 Å². The highest BCUT2D eigenvalue weighted by Crippen LogP contribution is 2.33.